The van der Waals surface area contributed by atoms with Crippen molar-refractivity contribution < 1.29 is 9.90 Å². The zero-order valence-electron chi connectivity index (χ0n) is 11.0. The molecule has 2 unspecified atom stereocenters. The van der Waals surface area contributed by atoms with E-state index in [1.54, 1.807) is 0 Å². The summed E-state index contributed by atoms with van der Waals surface area (Å²) in [4.78, 5) is 10.5. The first-order chi connectivity index (χ1) is 9.19. The summed E-state index contributed by atoms with van der Waals surface area (Å²) < 4.78 is 0.716. The second kappa shape index (κ2) is 7.09. The van der Waals surface area contributed by atoms with Gasteiger partial charge in [0, 0.05) is 6.04 Å². The van der Waals surface area contributed by atoms with E-state index in [9.17, 15) is 4.79 Å². The van der Waals surface area contributed by atoms with Gasteiger partial charge in [-0.25, -0.2) is 0 Å². The molecule has 0 amide bonds. The van der Waals surface area contributed by atoms with Crippen LogP contribution < -0.4 is 5.32 Å². The lowest BCUT2D eigenvalue weighted by molar-refractivity contribution is -0.133. The predicted octanol–water partition coefficient (Wildman–Crippen LogP) is 3.10. The summed E-state index contributed by atoms with van der Waals surface area (Å²) in [5.41, 5.74) is 0. The number of hydrogen-bond donors (Lipinski definition) is 2. The lowest BCUT2D eigenvalue weighted by atomic mass is 9.83. The van der Waals surface area contributed by atoms with Crippen LogP contribution >= 0.6 is 23.1 Å². The van der Waals surface area contributed by atoms with Gasteiger partial charge >= 0.3 is 5.97 Å². The Morgan fingerprint density at radius 3 is 3.00 bits per heavy atom. The van der Waals surface area contributed by atoms with Gasteiger partial charge in [-0.05, 0) is 18.8 Å². The maximum Gasteiger partial charge on any atom is 0.313 e. The van der Waals surface area contributed by atoms with E-state index < -0.39 is 5.97 Å². The monoisotopic (exact) mass is 301 g/mol. The molecule has 2 atom stereocenters. The molecule has 1 aliphatic rings. The number of nitrogens with one attached hydrogen (secondary N) is 1. The number of carboxylic acid groups (broad SMARTS) is 1. The van der Waals surface area contributed by atoms with Crippen molar-refractivity contribution in [2.75, 3.05) is 11.1 Å². The SMILES string of the molecule is CCC1CCCCC1Nc1nnc(SCC(=O)O)s1. The van der Waals surface area contributed by atoms with Crippen molar-refractivity contribution >= 4 is 34.2 Å². The van der Waals surface area contributed by atoms with Gasteiger partial charge in [0.05, 0.1) is 5.75 Å². The maximum atomic E-state index is 10.5. The third-order valence-corrected chi connectivity index (χ3v) is 5.44. The van der Waals surface area contributed by atoms with E-state index in [1.807, 2.05) is 0 Å². The van der Waals surface area contributed by atoms with E-state index in [2.05, 4.69) is 22.4 Å². The third-order valence-electron chi connectivity index (χ3n) is 3.47. The predicted molar refractivity (Wildman–Crippen MR) is 77.9 cm³/mol. The van der Waals surface area contributed by atoms with Gasteiger partial charge in [0.2, 0.25) is 5.13 Å². The Bertz CT molecular complexity index is 425. The fourth-order valence-electron chi connectivity index (χ4n) is 2.49. The van der Waals surface area contributed by atoms with Gasteiger partial charge in [-0.15, -0.1) is 10.2 Å². The molecule has 1 aromatic rings. The highest BCUT2D eigenvalue weighted by molar-refractivity contribution is 8.01. The molecule has 7 heteroatoms. The topological polar surface area (TPSA) is 75.1 Å². The molecular formula is C12H19N3O2S2. The zero-order chi connectivity index (χ0) is 13.7. The van der Waals surface area contributed by atoms with Crippen LogP contribution in [0, 0.1) is 5.92 Å². The van der Waals surface area contributed by atoms with E-state index in [4.69, 9.17) is 5.11 Å². The van der Waals surface area contributed by atoms with E-state index in [0.717, 1.165) is 5.13 Å². The van der Waals surface area contributed by atoms with Crippen LogP contribution in [0.1, 0.15) is 39.0 Å². The first-order valence-corrected chi connectivity index (χ1v) is 8.44. The summed E-state index contributed by atoms with van der Waals surface area (Å²) in [6.45, 7) is 2.24. The molecule has 1 aliphatic carbocycles. The standard InChI is InChI=1S/C12H19N3O2S2/c1-2-8-5-3-4-6-9(8)13-11-14-15-12(19-11)18-7-10(16)17/h8-9H,2-7H2,1H3,(H,13,14)(H,16,17). The van der Waals surface area contributed by atoms with Gasteiger partial charge < -0.3 is 10.4 Å². The smallest absolute Gasteiger partial charge is 0.313 e. The zero-order valence-corrected chi connectivity index (χ0v) is 12.6. The van der Waals surface area contributed by atoms with Crippen molar-refractivity contribution in [1.29, 1.82) is 0 Å². The minimum atomic E-state index is -0.826. The largest absolute Gasteiger partial charge is 0.481 e. The summed E-state index contributed by atoms with van der Waals surface area (Å²) in [5.74, 6) is -0.0730. The van der Waals surface area contributed by atoms with Gasteiger partial charge in [0.15, 0.2) is 4.34 Å². The Morgan fingerprint density at radius 1 is 1.47 bits per heavy atom. The van der Waals surface area contributed by atoms with Crippen LogP contribution in [0.25, 0.3) is 0 Å². The molecular weight excluding hydrogens is 282 g/mol. The maximum absolute atomic E-state index is 10.5. The molecule has 106 valence electrons. The van der Waals surface area contributed by atoms with Crippen molar-refractivity contribution in [3.05, 3.63) is 0 Å². The molecule has 0 aromatic carbocycles. The Balaban J connectivity index is 1.89. The summed E-state index contributed by atoms with van der Waals surface area (Å²) >= 11 is 2.67. The number of nitrogens with zero attached hydrogens (tertiary/aromatic N) is 2. The quantitative estimate of drug-likeness (QED) is 0.786. The fourth-order valence-corrected chi connectivity index (χ4v) is 4.03. The number of aromatic nitrogens is 2. The summed E-state index contributed by atoms with van der Waals surface area (Å²) in [6.07, 6.45) is 6.26. The minimum absolute atomic E-state index is 0.0373. The van der Waals surface area contributed by atoms with Crippen LogP contribution in [0.2, 0.25) is 0 Å². The molecule has 0 spiro atoms. The average Bonchev–Trinajstić information content (AvgIpc) is 2.85. The average molecular weight is 301 g/mol. The van der Waals surface area contributed by atoms with E-state index >= 15 is 0 Å². The number of anilines is 1. The Hall–Kier alpha value is -0.820. The van der Waals surface area contributed by atoms with Crippen LogP contribution in [0.4, 0.5) is 5.13 Å². The first kappa shape index (κ1) is 14.6. The summed E-state index contributed by atoms with van der Waals surface area (Å²) in [7, 11) is 0. The Morgan fingerprint density at radius 2 is 2.26 bits per heavy atom. The first-order valence-electron chi connectivity index (χ1n) is 6.63. The van der Waals surface area contributed by atoms with Crippen molar-refractivity contribution in [3.8, 4) is 0 Å². The number of aliphatic carboxylic acids is 1. The fraction of sp³-hybridized carbons (Fsp3) is 0.750. The molecule has 1 aromatic heterocycles. The van der Waals surface area contributed by atoms with Crippen LogP contribution in [0.5, 0.6) is 0 Å². The van der Waals surface area contributed by atoms with E-state index in [-0.39, 0.29) is 5.75 Å². The van der Waals surface area contributed by atoms with Crippen molar-refractivity contribution in [1.82, 2.24) is 10.2 Å². The van der Waals surface area contributed by atoms with Crippen LogP contribution in [-0.2, 0) is 4.79 Å². The summed E-state index contributed by atoms with van der Waals surface area (Å²) in [6, 6.07) is 0.490. The molecule has 1 saturated carbocycles. The number of rotatable bonds is 6. The van der Waals surface area contributed by atoms with Crippen molar-refractivity contribution in [2.24, 2.45) is 5.92 Å². The van der Waals surface area contributed by atoms with Crippen LogP contribution in [0.3, 0.4) is 0 Å². The summed E-state index contributed by atoms with van der Waals surface area (Å²) in [5, 5.41) is 21.0. The van der Waals surface area contributed by atoms with E-state index in [0.29, 0.717) is 16.3 Å². The molecule has 0 saturated heterocycles. The molecule has 19 heavy (non-hydrogen) atoms. The minimum Gasteiger partial charge on any atom is -0.481 e. The number of hydrogen-bond acceptors (Lipinski definition) is 6. The molecule has 2 N–H and O–H groups in total. The Labute approximate surface area is 121 Å². The lowest BCUT2D eigenvalue weighted by Gasteiger charge is -2.31. The number of thioether (sulfide) groups is 1. The lowest BCUT2D eigenvalue weighted by Crippen LogP contribution is -2.31. The molecule has 1 heterocycles. The van der Waals surface area contributed by atoms with Gasteiger partial charge in [0.25, 0.3) is 0 Å². The van der Waals surface area contributed by atoms with Gasteiger partial charge in [-0.2, -0.15) is 0 Å². The normalized spacial score (nSPS) is 23.2. The van der Waals surface area contributed by atoms with Crippen molar-refractivity contribution in [3.63, 3.8) is 0 Å². The molecule has 1 fully saturated rings. The van der Waals surface area contributed by atoms with Crippen LogP contribution in [-0.4, -0.2) is 33.1 Å². The van der Waals surface area contributed by atoms with Crippen molar-refractivity contribution in [2.45, 2.75) is 49.4 Å². The van der Waals surface area contributed by atoms with Gasteiger partial charge in [-0.1, -0.05) is 49.3 Å². The number of carboxylic acids is 1. The van der Waals surface area contributed by atoms with Crippen LogP contribution in [0.15, 0.2) is 4.34 Å². The highest BCUT2D eigenvalue weighted by Crippen LogP contribution is 2.31. The molecule has 5 nitrogen and oxygen atoms in total. The highest BCUT2D eigenvalue weighted by atomic mass is 32.2. The Kier molecular flexibility index (Phi) is 5.45. The van der Waals surface area contributed by atoms with Gasteiger partial charge in [0.1, 0.15) is 0 Å². The number of carbonyl (C=O) groups is 1. The van der Waals surface area contributed by atoms with E-state index in [1.165, 1.54) is 55.2 Å². The van der Waals surface area contributed by atoms with Gasteiger partial charge in [-0.3, -0.25) is 4.79 Å². The molecule has 0 bridgehead atoms. The third kappa shape index (κ3) is 4.35. The highest BCUT2D eigenvalue weighted by Gasteiger charge is 2.24. The molecule has 2 rings (SSSR count). The second-order valence-corrected chi connectivity index (χ2v) is 6.96. The molecule has 0 aliphatic heterocycles. The molecule has 0 radical (unpaired) electrons. The second-order valence-electron chi connectivity index (χ2n) is 4.76.